The van der Waals surface area contributed by atoms with Gasteiger partial charge in [0.15, 0.2) is 6.10 Å². The average Bonchev–Trinajstić information content (AvgIpc) is 3.23. The van der Waals surface area contributed by atoms with Crippen molar-refractivity contribution in [2.24, 2.45) is 0 Å². The first-order valence-electron chi connectivity index (χ1n) is 23.5. The highest BCUT2D eigenvalue weighted by Crippen LogP contribution is 2.12. The Morgan fingerprint density at radius 2 is 0.763 bits per heavy atom. The molecule has 0 aliphatic rings. The summed E-state index contributed by atoms with van der Waals surface area (Å²) in [4.78, 5) is 37.8. The summed E-state index contributed by atoms with van der Waals surface area (Å²) in [7, 11) is 0. The van der Waals surface area contributed by atoms with Crippen LogP contribution in [-0.4, -0.2) is 37.2 Å². The van der Waals surface area contributed by atoms with Crippen molar-refractivity contribution in [2.45, 2.75) is 194 Å². The molecule has 0 saturated carbocycles. The van der Waals surface area contributed by atoms with Gasteiger partial charge in [0.1, 0.15) is 13.2 Å². The number of ether oxygens (including phenoxy) is 3. The zero-order chi connectivity index (χ0) is 43.0. The van der Waals surface area contributed by atoms with E-state index in [2.05, 4.69) is 93.7 Å². The van der Waals surface area contributed by atoms with Crippen LogP contribution in [-0.2, 0) is 28.6 Å². The highest BCUT2D eigenvalue weighted by atomic mass is 16.6. The molecule has 0 bridgehead atoms. The van der Waals surface area contributed by atoms with Gasteiger partial charge >= 0.3 is 17.9 Å². The van der Waals surface area contributed by atoms with Crippen LogP contribution in [0.25, 0.3) is 0 Å². The fraction of sp³-hybridized carbons (Fsp3) is 0.604. The van der Waals surface area contributed by atoms with E-state index in [0.29, 0.717) is 19.3 Å². The number of esters is 3. The van der Waals surface area contributed by atoms with E-state index in [1.165, 1.54) is 19.3 Å². The number of allylic oxidation sites excluding steroid dienone is 18. The first-order valence-corrected chi connectivity index (χ1v) is 23.5. The number of carbonyl (C=O) groups excluding carboxylic acids is 3. The summed E-state index contributed by atoms with van der Waals surface area (Å²) in [6.07, 6.45) is 62.1. The van der Waals surface area contributed by atoms with E-state index < -0.39 is 6.10 Å². The molecule has 1 unspecified atom stereocenters. The number of hydrogen-bond donors (Lipinski definition) is 0. The molecule has 0 spiro atoms. The van der Waals surface area contributed by atoms with Crippen LogP contribution in [0.3, 0.4) is 0 Å². The SMILES string of the molecule is CC/C=C\C/C=C\CCCCCCCC(=O)OC(COC(=O)CCCCC/C=C\C=C/CCCC)COC(=O)CCCCCCC\C=C/C=C\C=C/C=C\C=C/CCC. The Morgan fingerprint density at radius 1 is 0.373 bits per heavy atom. The molecule has 59 heavy (non-hydrogen) atoms. The molecule has 0 N–H and O–H groups in total. The molecule has 6 heteroatoms. The van der Waals surface area contributed by atoms with Crippen LogP contribution >= 0.6 is 0 Å². The molecule has 0 heterocycles. The molecule has 0 aliphatic carbocycles. The number of hydrogen-bond acceptors (Lipinski definition) is 6. The Balaban J connectivity index is 4.49. The monoisotopic (exact) mass is 817 g/mol. The number of carbonyl (C=O) groups is 3. The predicted octanol–water partition coefficient (Wildman–Crippen LogP) is 15.2. The smallest absolute Gasteiger partial charge is 0.306 e. The van der Waals surface area contributed by atoms with Crippen LogP contribution < -0.4 is 0 Å². The minimum absolute atomic E-state index is 0.109. The summed E-state index contributed by atoms with van der Waals surface area (Å²) in [5, 5.41) is 0. The van der Waals surface area contributed by atoms with Gasteiger partial charge in [-0.1, -0.05) is 194 Å². The Kier molecular flexibility index (Phi) is 43.6. The van der Waals surface area contributed by atoms with E-state index >= 15 is 0 Å². The minimum atomic E-state index is -0.807. The third-order valence-corrected chi connectivity index (χ3v) is 9.37. The zero-order valence-electron chi connectivity index (χ0n) is 37.7. The predicted molar refractivity (Wildman–Crippen MR) is 251 cm³/mol. The summed E-state index contributed by atoms with van der Waals surface area (Å²) in [6, 6.07) is 0. The van der Waals surface area contributed by atoms with Crippen molar-refractivity contribution in [1.29, 1.82) is 0 Å². The summed E-state index contributed by atoms with van der Waals surface area (Å²) in [5.41, 5.74) is 0. The van der Waals surface area contributed by atoms with E-state index in [0.717, 1.165) is 128 Å². The van der Waals surface area contributed by atoms with E-state index in [9.17, 15) is 14.4 Å². The van der Waals surface area contributed by atoms with Crippen molar-refractivity contribution in [3.63, 3.8) is 0 Å². The van der Waals surface area contributed by atoms with Gasteiger partial charge < -0.3 is 14.2 Å². The van der Waals surface area contributed by atoms with Gasteiger partial charge in [0, 0.05) is 19.3 Å². The minimum Gasteiger partial charge on any atom is -0.462 e. The molecule has 0 aliphatic heterocycles. The van der Waals surface area contributed by atoms with Crippen LogP contribution in [0.5, 0.6) is 0 Å². The van der Waals surface area contributed by atoms with Crippen LogP contribution in [0.2, 0.25) is 0 Å². The fourth-order valence-electron chi connectivity index (χ4n) is 5.84. The summed E-state index contributed by atoms with van der Waals surface area (Å²) in [6.45, 7) is 6.30. The van der Waals surface area contributed by atoms with Gasteiger partial charge in [0.25, 0.3) is 0 Å². The van der Waals surface area contributed by atoms with Crippen molar-refractivity contribution in [3.8, 4) is 0 Å². The lowest BCUT2D eigenvalue weighted by atomic mass is 10.1. The molecular formula is C53H84O6. The molecule has 0 fully saturated rings. The number of unbranched alkanes of at least 4 members (excludes halogenated alkanes) is 16. The lowest BCUT2D eigenvalue weighted by molar-refractivity contribution is -0.167. The fourth-order valence-corrected chi connectivity index (χ4v) is 5.84. The third kappa shape index (κ3) is 45.0. The first-order chi connectivity index (χ1) is 29.0. The van der Waals surface area contributed by atoms with Gasteiger partial charge in [0.05, 0.1) is 0 Å². The Bertz CT molecular complexity index is 1260. The van der Waals surface area contributed by atoms with Crippen molar-refractivity contribution in [1.82, 2.24) is 0 Å². The average molecular weight is 817 g/mol. The van der Waals surface area contributed by atoms with Gasteiger partial charge in [-0.3, -0.25) is 14.4 Å². The zero-order valence-corrected chi connectivity index (χ0v) is 37.7. The molecule has 0 aromatic heterocycles. The summed E-state index contributed by atoms with van der Waals surface area (Å²) in [5.74, 6) is -0.986. The van der Waals surface area contributed by atoms with Crippen LogP contribution in [0.4, 0.5) is 0 Å². The molecule has 1 atom stereocenters. The largest absolute Gasteiger partial charge is 0.462 e. The Morgan fingerprint density at radius 3 is 1.27 bits per heavy atom. The molecule has 0 saturated heterocycles. The normalized spacial score (nSPS) is 13.1. The highest BCUT2D eigenvalue weighted by Gasteiger charge is 2.19. The lowest BCUT2D eigenvalue weighted by Gasteiger charge is -2.18. The van der Waals surface area contributed by atoms with Gasteiger partial charge in [-0.05, 0) is 83.5 Å². The van der Waals surface area contributed by atoms with Crippen molar-refractivity contribution in [2.75, 3.05) is 13.2 Å². The van der Waals surface area contributed by atoms with E-state index in [4.69, 9.17) is 14.2 Å². The topological polar surface area (TPSA) is 78.9 Å². The summed E-state index contributed by atoms with van der Waals surface area (Å²) < 4.78 is 16.7. The molecule has 0 radical (unpaired) electrons. The molecular weight excluding hydrogens is 733 g/mol. The molecule has 0 rings (SSSR count). The third-order valence-electron chi connectivity index (χ3n) is 9.37. The molecule has 0 amide bonds. The van der Waals surface area contributed by atoms with E-state index in [1.807, 2.05) is 36.5 Å². The second-order valence-electron chi connectivity index (χ2n) is 15.1. The van der Waals surface area contributed by atoms with Crippen molar-refractivity contribution < 1.29 is 28.6 Å². The maximum absolute atomic E-state index is 12.7. The van der Waals surface area contributed by atoms with Crippen molar-refractivity contribution >= 4 is 17.9 Å². The summed E-state index contributed by atoms with van der Waals surface area (Å²) >= 11 is 0. The van der Waals surface area contributed by atoms with Gasteiger partial charge in [0.2, 0.25) is 0 Å². The standard InChI is InChI=1S/C53H84O6/c1-4-7-10-13-16-19-22-24-25-26-27-28-29-32-34-37-40-43-46-52(55)58-49-50(48-57-51(54)45-42-39-36-33-30-21-18-15-12-9-6-3)59-53(56)47-44-41-38-35-31-23-20-17-14-11-8-5-2/h8,10-11,13,15-22,24-28,30,50H,4-7,9,12,14,23,29,31-49H2,1-3H3/b11-8-,13-10-,18-15-,19-16-,20-17-,24-22-,26-25-,28-27-,30-21-. The van der Waals surface area contributed by atoms with Crippen molar-refractivity contribution in [3.05, 3.63) is 109 Å². The maximum atomic E-state index is 12.7. The second-order valence-corrected chi connectivity index (χ2v) is 15.1. The van der Waals surface area contributed by atoms with E-state index in [1.54, 1.807) is 0 Å². The molecule has 0 aromatic rings. The quantitative estimate of drug-likeness (QED) is 0.0201. The Hall–Kier alpha value is -3.93. The van der Waals surface area contributed by atoms with Crippen LogP contribution in [0.15, 0.2) is 109 Å². The highest BCUT2D eigenvalue weighted by molar-refractivity contribution is 5.71. The van der Waals surface area contributed by atoms with Gasteiger partial charge in [-0.2, -0.15) is 0 Å². The van der Waals surface area contributed by atoms with Gasteiger partial charge in [-0.25, -0.2) is 0 Å². The first kappa shape index (κ1) is 55.1. The number of rotatable bonds is 40. The van der Waals surface area contributed by atoms with Crippen LogP contribution in [0, 0.1) is 0 Å². The molecule has 332 valence electrons. The molecule has 0 aromatic carbocycles. The van der Waals surface area contributed by atoms with Gasteiger partial charge in [-0.15, -0.1) is 0 Å². The van der Waals surface area contributed by atoms with E-state index in [-0.39, 0.29) is 31.1 Å². The van der Waals surface area contributed by atoms with Crippen LogP contribution in [0.1, 0.15) is 188 Å². The molecule has 6 nitrogen and oxygen atoms in total. The lowest BCUT2D eigenvalue weighted by Crippen LogP contribution is -2.30. The Labute approximate surface area is 361 Å². The maximum Gasteiger partial charge on any atom is 0.306 e. The second kappa shape index (κ2) is 46.8.